The van der Waals surface area contributed by atoms with Gasteiger partial charge in [0.25, 0.3) is 7.82 Å². The minimum absolute atomic E-state index is 0.0296. The largest absolute Gasteiger partial charge is 0.756 e. The van der Waals surface area contributed by atoms with E-state index in [0.717, 1.165) is 103 Å². The number of likely N-dealkylation sites (N-methyl/N-ethyl adjacent to an activating group) is 1. The third-order valence-corrected chi connectivity index (χ3v) is 12.7. The Morgan fingerprint density at radius 3 is 1.46 bits per heavy atom. The van der Waals surface area contributed by atoms with Gasteiger partial charge in [-0.2, -0.15) is 0 Å². The lowest BCUT2D eigenvalue weighted by Gasteiger charge is -2.30. The molecule has 1 amide bonds. The number of phosphoric acid groups is 1. The lowest BCUT2D eigenvalue weighted by atomic mass is 10.1. The molecule has 0 aliphatic heterocycles. The van der Waals surface area contributed by atoms with Crippen LogP contribution in [0.2, 0.25) is 0 Å². The number of nitrogens with one attached hydrogen (secondary N) is 1. The Balaban J connectivity index is 5.41. The van der Waals surface area contributed by atoms with Crippen molar-refractivity contribution in [2.24, 2.45) is 0 Å². The van der Waals surface area contributed by atoms with Gasteiger partial charge in [-0.3, -0.25) is 14.2 Å². The molecule has 388 valence electrons. The molecule has 0 bridgehead atoms. The third-order valence-electron chi connectivity index (χ3n) is 11.7. The van der Waals surface area contributed by atoms with Gasteiger partial charge in [-0.15, -0.1) is 0 Å². The van der Waals surface area contributed by atoms with Crippen molar-refractivity contribution in [2.45, 2.75) is 238 Å². The summed E-state index contributed by atoms with van der Waals surface area (Å²) >= 11 is 0. The van der Waals surface area contributed by atoms with Crippen molar-refractivity contribution >= 4 is 19.7 Å². The average Bonchev–Trinajstić information content (AvgIpc) is 3.28. The minimum Gasteiger partial charge on any atom is -0.756 e. The number of hydrogen-bond donors (Lipinski definition) is 1. The summed E-state index contributed by atoms with van der Waals surface area (Å²) < 4.78 is 30.1. The maximum absolute atomic E-state index is 13.4. The van der Waals surface area contributed by atoms with E-state index in [4.69, 9.17) is 13.8 Å². The topological polar surface area (TPSA) is 114 Å². The van der Waals surface area contributed by atoms with Crippen LogP contribution in [0.5, 0.6) is 0 Å². The molecule has 1 N–H and O–H groups in total. The SMILES string of the molecule is CC/C=C/C=C/C=C/CCCCCCCCCC(=O)OC(/C=C/CCCCCCCCCCC)C(COP(=O)([O-])OCC[N+](C)(C)C)NC(=O)CCCCCCCC/C=C/C=C/CCCCC. The quantitative estimate of drug-likeness (QED) is 0.0161. The molecule has 3 atom stereocenters. The second-order valence-electron chi connectivity index (χ2n) is 19.4. The molecule has 0 heterocycles. The van der Waals surface area contributed by atoms with Crippen LogP contribution in [0.25, 0.3) is 0 Å². The number of unbranched alkanes of at least 4 members (excludes halogenated alkanes) is 25. The van der Waals surface area contributed by atoms with Crippen molar-refractivity contribution < 1.29 is 37.3 Å². The van der Waals surface area contributed by atoms with Crippen LogP contribution in [-0.4, -0.2) is 69.4 Å². The molecule has 9 nitrogen and oxygen atoms in total. The number of hydrogen-bond acceptors (Lipinski definition) is 7. The van der Waals surface area contributed by atoms with Crippen LogP contribution in [0.4, 0.5) is 0 Å². The Bertz CT molecular complexity index is 1380. The van der Waals surface area contributed by atoms with E-state index in [9.17, 15) is 19.0 Å². The number of rotatable bonds is 48. The van der Waals surface area contributed by atoms with Crippen molar-refractivity contribution in [3.05, 3.63) is 72.9 Å². The molecule has 0 aromatic carbocycles. The molecule has 0 spiro atoms. The molecular formula is C57H103N2O7P. The second kappa shape index (κ2) is 47.1. The van der Waals surface area contributed by atoms with E-state index in [-0.39, 0.29) is 24.9 Å². The minimum atomic E-state index is -4.70. The predicted molar refractivity (Wildman–Crippen MR) is 284 cm³/mol. The van der Waals surface area contributed by atoms with Crippen molar-refractivity contribution in [3.8, 4) is 0 Å². The zero-order chi connectivity index (χ0) is 49.4. The number of esters is 1. The number of carbonyl (C=O) groups excluding carboxylic acids is 2. The van der Waals surface area contributed by atoms with Gasteiger partial charge in [0.2, 0.25) is 5.91 Å². The molecule has 0 rings (SSSR count). The van der Waals surface area contributed by atoms with Crippen molar-refractivity contribution in [3.63, 3.8) is 0 Å². The summed E-state index contributed by atoms with van der Waals surface area (Å²) in [6.07, 6.45) is 58.6. The highest BCUT2D eigenvalue weighted by atomic mass is 31.2. The van der Waals surface area contributed by atoms with E-state index in [1.54, 1.807) is 0 Å². The Morgan fingerprint density at radius 1 is 0.537 bits per heavy atom. The number of carbonyl (C=O) groups is 2. The molecular weight excluding hydrogens is 856 g/mol. The first-order chi connectivity index (χ1) is 32.4. The van der Waals surface area contributed by atoms with Gasteiger partial charge in [0.1, 0.15) is 19.3 Å². The zero-order valence-electron chi connectivity index (χ0n) is 44.1. The summed E-state index contributed by atoms with van der Waals surface area (Å²) in [6, 6.07) is -0.900. The fourth-order valence-electron chi connectivity index (χ4n) is 7.45. The number of ether oxygens (including phenoxy) is 1. The van der Waals surface area contributed by atoms with Gasteiger partial charge >= 0.3 is 5.97 Å². The summed E-state index contributed by atoms with van der Waals surface area (Å²) in [5, 5.41) is 3.00. The van der Waals surface area contributed by atoms with Crippen LogP contribution < -0.4 is 10.2 Å². The lowest BCUT2D eigenvalue weighted by molar-refractivity contribution is -0.870. The molecule has 0 fully saturated rings. The Kier molecular flexibility index (Phi) is 45.3. The summed E-state index contributed by atoms with van der Waals surface area (Å²) in [7, 11) is 1.16. The van der Waals surface area contributed by atoms with Gasteiger partial charge in [-0.25, -0.2) is 0 Å². The average molecular weight is 959 g/mol. The highest BCUT2D eigenvalue weighted by Crippen LogP contribution is 2.38. The van der Waals surface area contributed by atoms with Crippen LogP contribution in [0.1, 0.15) is 226 Å². The predicted octanol–water partition coefficient (Wildman–Crippen LogP) is 15.5. The summed E-state index contributed by atoms with van der Waals surface area (Å²) in [6.45, 7) is 6.64. The molecule has 0 aliphatic rings. The van der Waals surface area contributed by atoms with E-state index in [1.165, 1.54) is 83.5 Å². The highest BCUT2D eigenvalue weighted by Gasteiger charge is 2.27. The first kappa shape index (κ1) is 64.5. The van der Waals surface area contributed by atoms with Crippen LogP contribution in [-0.2, 0) is 27.9 Å². The lowest BCUT2D eigenvalue weighted by Crippen LogP contribution is -2.47. The summed E-state index contributed by atoms with van der Waals surface area (Å²) in [5.41, 5.74) is 0. The van der Waals surface area contributed by atoms with Gasteiger partial charge in [0.15, 0.2) is 0 Å². The monoisotopic (exact) mass is 959 g/mol. The molecule has 3 unspecified atom stereocenters. The fourth-order valence-corrected chi connectivity index (χ4v) is 8.18. The number of amides is 1. The Labute approximate surface area is 413 Å². The Hall–Kier alpha value is -2.55. The molecule has 0 saturated heterocycles. The molecule has 67 heavy (non-hydrogen) atoms. The van der Waals surface area contributed by atoms with Crippen LogP contribution in [0, 0.1) is 0 Å². The number of nitrogens with zero attached hydrogens (tertiary/aromatic N) is 1. The summed E-state index contributed by atoms with van der Waals surface area (Å²) in [5.74, 6) is -0.573. The van der Waals surface area contributed by atoms with E-state index < -0.39 is 26.6 Å². The maximum atomic E-state index is 13.4. The molecule has 0 saturated carbocycles. The molecule has 0 aromatic heterocycles. The first-order valence-electron chi connectivity index (χ1n) is 27.3. The van der Waals surface area contributed by atoms with Gasteiger partial charge in [0, 0.05) is 12.8 Å². The fraction of sp³-hybridized carbons (Fsp3) is 0.754. The maximum Gasteiger partial charge on any atom is 0.306 e. The zero-order valence-corrected chi connectivity index (χ0v) is 45.0. The van der Waals surface area contributed by atoms with Gasteiger partial charge in [-0.1, -0.05) is 210 Å². The number of allylic oxidation sites excluding steroid dienone is 11. The van der Waals surface area contributed by atoms with Crippen molar-refractivity contribution in [1.29, 1.82) is 0 Å². The van der Waals surface area contributed by atoms with E-state index in [2.05, 4.69) is 86.8 Å². The molecule has 0 radical (unpaired) electrons. The third kappa shape index (κ3) is 48.3. The van der Waals surface area contributed by atoms with Crippen molar-refractivity contribution in [2.75, 3.05) is 40.9 Å². The number of phosphoric ester groups is 1. The van der Waals surface area contributed by atoms with Gasteiger partial charge in [-0.05, 0) is 76.7 Å². The van der Waals surface area contributed by atoms with Crippen LogP contribution in [0.15, 0.2) is 72.9 Å². The molecule has 10 heteroatoms. The van der Waals surface area contributed by atoms with Crippen molar-refractivity contribution in [1.82, 2.24) is 5.32 Å². The smallest absolute Gasteiger partial charge is 0.306 e. The number of quaternary nitrogens is 1. The molecule has 0 aliphatic carbocycles. The van der Waals surface area contributed by atoms with E-state index >= 15 is 0 Å². The Morgan fingerprint density at radius 2 is 0.955 bits per heavy atom. The summed E-state index contributed by atoms with van der Waals surface area (Å²) in [4.78, 5) is 39.7. The second-order valence-corrected chi connectivity index (χ2v) is 20.8. The normalized spacial score (nSPS) is 14.4. The molecule has 0 aromatic rings. The standard InChI is InChI=1S/C57H103N2O7P/c1-7-10-13-16-19-22-25-27-29-31-34-37-40-43-46-49-56(60)58-54(53-65-67(62,63)64-52-51-59(4,5)6)55(48-45-42-39-36-33-24-21-18-15-12-9-3)66-57(61)50-47-44-41-38-35-32-30-28-26-23-20-17-14-11-8-2/h11,14,17,19-20,22-23,25-27,45,48,54-55H,7-10,12-13,15-16,18,21,24,28-44,46-47,49-53H2,1-6H3,(H-,58,60,62,63)/b14-11+,20-17+,22-19+,26-23+,27-25+,48-45+. The van der Waals surface area contributed by atoms with Gasteiger partial charge < -0.3 is 28.5 Å². The van der Waals surface area contributed by atoms with Crippen LogP contribution >= 0.6 is 7.82 Å². The first-order valence-corrected chi connectivity index (χ1v) is 28.8. The van der Waals surface area contributed by atoms with E-state index in [1.807, 2.05) is 33.3 Å². The van der Waals surface area contributed by atoms with E-state index in [0.29, 0.717) is 23.9 Å². The van der Waals surface area contributed by atoms with Crippen LogP contribution in [0.3, 0.4) is 0 Å². The highest BCUT2D eigenvalue weighted by molar-refractivity contribution is 7.45. The van der Waals surface area contributed by atoms with Gasteiger partial charge in [0.05, 0.1) is 33.8 Å².